The van der Waals surface area contributed by atoms with Crippen molar-refractivity contribution in [2.75, 3.05) is 25.0 Å². The van der Waals surface area contributed by atoms with Crippen LogP contribution in [-0.2, 0) is 10.2 Å². The first-order chi connectivity index (χ1) is 13.2. The van der Waals surface area contributed by atoms with E-state index in [0.717, 1.165) is 17.5 Å². The topological polar surface area (TPSA) is 70.5 Å². The van der Waals surface area contributed by atoms with Gasteiger partial charge in [0.15, 0.2) is 6.04 Å². The number of alkyl halides is 3. The largest absolute Gasteiger partial charge is 0.410 e. The van der Waals surface area contributed by atoms with E-state index in [4.69, 9.17) is 0 Å². The maximum atomic E-state index is 13.6. The molecule has 1 N–H and O–H groups in total. The van der Waals surface area contributed by atoms with Crippen LogP contribution in [0.15, 0.2) is 6.07 Å². The molecule has 0 spiro atoms. The zero-order valence-electron chi connectivity index (χ0n) is 15.8. The van der Waals surface area contributed by atoms with Gasteiger partial charge in [-0.3, -0.25) is 0 Å². The van der Waals surface area contributed by atoms with E-state index in [1.807, 2.05) is 6.92 Å². The summed E-state index contributed by atoms with van der Waals surface area (Å²) in [5.41, 5.74) is 0.397. The molecule has 3 aliphatic rings. The Morgan fingerprint density at radius 1 is 1.21 bits per heavy atom. The Hall–Kier alpha value is -1.33. The Labute approximate surface area is 163 Å². The van der Waals surface area contributed by atoms with Gasteiger partial charge in [-0.15, -0.1) is 0 Å². The number of halogens is 3. The normalized spacial score (nSPS) is 29.8. The lowest BCUT2D eigenvalue weighted by Crippen LogP contribution is -2.42. The Bertz CT molecular complexity index is 819. The van der Waals surface area contributed by atoms with E-state index in [2.05, 4.69) is 10.4 Å². The highest BCUT2D eigenvalue weighted by molar-refractivity contribution is 7.86. The Morgan fingerprint density at radius 2 is 1.93 bits per heavy atom. The average molecular weight is 421 g/mol. The number of nitrogens with zero attached hydrogens (tertiary/aromatic N) is 4. The molecule has 0 aliphatic carbocycles. The number of fused-ring (bicyclic) bond motifs is 1. The van der Waals surface area contributed by atoms with Crippen molar-refractivity contribution in [1.82, 2.24) is 18.4 Å². The minimum Gasteiger partial charge on any atom is -0.367 e. The molecule has 7 nitrogen and oxygen atoms in total. The van der Waals surface area contributed by atoms with Gasteiger partial charge in [0.25, 0.3) is 10.2 Å². The van der Waals surface area contributed by atoms with Gasteiger partial charge in [0.1, 0.15) is 5.82 Å². The molecular weight excluding hydrogens is 395 g/mol. The van der Waals surface area contributed by atoms with Gasteiger partial charge in [0, 0.05) is 31.7 Å². The maximum Gasteiger partial charge on any atom is 0.410 e. The van der Waals surface area contributed by atoms with Gasteiger partial charge in [0.05, 0.1) is 11.7 Å². The molecule has 158 valence electrons. The molecule has 2 fully saturated rings. The van der Waals surface area contributed by atoms with Crippen LogP contribution in [0.25, 0.3) is 0 Å². The summed E-state index contributed by atoms with van der Waals surface area (Å²) in [7, 11) is -3.62. The second-order valence-electron chi connectivity index (χ2n) is 7.82. The SMILES string of the molecule is CC[C@@H]1C[C@@H](C(F)(F)F)n2nc([C@@H]3CCCN3S(=O)(=O)N3CCCC3)cc2N1. The van der Waals surface area contributed by atoms with Crippen molar-refractivity contribution in [3.8, 4) is 0 Å². The first-order valence-electron chi connectivity index (χ1n) is 9.91. The summed E-state index contributed by atoms with van der Waals surface area (Å²) < 4.78 is 70.7. The molecule has 11 heteroatoms. The second-order valence-corrected chi connectivity index (χ2v) is 9.71. The van der Waals surface area contributed by atoms with E-state index in [1.165, 1.54) is 8.61 Å². The number of aromatic nitrogens is 2. The smallest absolute Gasteiger partial charge is 0.367 e. The first-order valence-corrected chi connectivity index (χ1v) is 11.3. The standard InChI is InChI=1S/C17H26F3N5O2S/c1-2-12-10-15(17(18,19)20)25-16(21-12)11-13(22-25)14-6-5-9-24(14)28(26,27)23-7-3-4-8-23/h11-12,14-15,21H,2-10H2,1H3/t12-,14+,15+/m1/s1. The molecule has 0 radical (unpaired) electrons. The summed E-state index contributed by atoms with van der Waals surface area (Å²) in [6.07, 6.45) is -0.978. The molecule has 1 aromatic heterocycles. The zero-order chi connectivity index (χ0) is 20.1. The lowest BCUT2D eigenvalue weighted by atomic mass is 10.0. The summed E-state index contributed by atoms with van der Waals surface area (Å²) in [5, 5.41) is 7.37. The summed E-state index contributed by atoms with van der Waals surface area (Å²) in [6, 6.07) is -0.882. The van der Waals surface area contributed by atoms with E-state index >= 15 is 0 Å². The fourth-order valence-corrected chi connectivity index (χ4v) is 6.39. The van der Waals surface area contributed by atoms with Gasteiger partial charge >= 0.3 is 6.18 Å². The van der Waals surface area contributed by atoms with Crippen LogP contribution in [0.1, 0.15) is 63.2 Å². The Morgan fingerprint density at radius 3 is 2.57 bits per heavy atom. The van der Waals surface area contributed by atoms with Crippen molar-refractivity contribution in [2.45, 2.75) is 69.8 Å². The monoisotopic (exact) mass is 421 g/mol. The number of hydrogen-bond acceptors (Lipinski definition) is 4. The highest BCUT2D eigenvalue weighted by Crippen LogP contribution is 2.42. The van der Waals surface area contributed by atoms with Crippen LogP contribution in [0.4, 0.5) is 19.0 Å². The van der Waals surface area contributed by atoms with Crippen molar-refractivity contribution in [3.05, 3.63) is 11.8 Å². The predicted octanol–water partition coefficient (Wildman–Crippen LogP) is 3.06. The third kappa shape index (κ3) is 3.41. The van der Waals surface area contributed by atoms with Crippen LogP contribution < -0.4 is 5.32 Å². The third-order valence-corrected chi connectivity index (χ3v) is 8.06. The van der Waals surface area contributed by atoms with E-state index < -0.39 is 28.5 Å². The Kier molecular flexibility index (Phi) is 5.11. The molecule has 0 aromatic carbocycles. The van der Waals surface area contributed by atoms with Crippen molar-refractivity contribution >= 4 is 16.0 Å². The summed E-state index contributed by atoms with van der Waals surface area (Å²) >= 11 is 0. The van der Waals surface area contributed by atoms with Crippen LogP contribution in [0.5, 0.6) is 0 Å². The number of rotatable bonds is 4. The molecule has 0 unspecified atom stereocenters. The van der Waals surface area contributed by atoms with Gasteiger partial charge in [-0.1, -0.05) is 6.92 Å². The maximum absolute atomic E-state index is 13.6. The Balaban J connectivity index is 1.66. The molecule has 0 amide bonds. The quantitative estimate of drug-likeness (QED) is 0.811. The fraction of sp³-hybridized carbons (Fsp3) is 0.824. The van der Waals surface area contributed by atoms with E-state index in [0.29, 0.717) is 50.4 Å². The van der Waals surface area contributed by atoms with Crippen LogP contribution in [0.3, 0.4) is 0 Å². The predicted molar refractivity (Wildman–Crippen MR) is 98.0 cm³/mol. The molecule has 3 atom stereocenters. The zero-order valence-corrected chi connectivity index (χ0v) is 16.6. The summed E-state index contributed by atoms with van der Waals surface area (Å²) in [5.74, 6) is 0.320. The van der Waals surface area contributed by atoms with Gasteiger partial charge in [-0.2, -0.15) is 35.3 Å². The van der Waals surface area contributed by atoms with E-state index in [-0.39, 0.29) is 12.5 Å². The van der Waals surface area contributed by atoms with Crippen LogP contribution >= 0.6 is 0 Å². The van der Waals surface area contributed by atoms with Crippen LogP contribution in [-0.4, -0.2) is 58.7 Å². The molecule has 28 heavy (non-hydrogen) atoms. The molecule has 0 saturated carbocycles. The molecule has 4 heterocycles. The van der Waals surface area contributed by atoms with Crippen molar-refractivity contribution in [1.29, 1.82) is 0 Å². The average Bonchev–Trinajstić information content (AvgIpc) is 3.39. The summed E-state index contributed by atoms with van der Waals surface area (Å²) in [4.78, 5) is 0. The molecule has 3 aliphatic heterocycles. The van der Waals surface area contributed by atoms with Gasteiger partial charge in [0.2, 0.25) is 0 Å². The minimum absolute atomic E-state index is 0.0748. The van der Waals surface area contributed by atoms with Crippen LogP contribution in [0, 0.1) is 0 Å². The minimum atomic E-state index is -4.40. The van der Waals surface area contributed by atoms with Gasteiger partial charge < -0.3 is 5.32 Å². The fourth-order valence-electron chi connectivity index (χ4n) is 4.48. The first kappa shape index (κ1) is 20.0. The molecule has 0 bridgehead atoms. The molecule has 2 saturated heterocycles. The summed E-state index contributed by atoms with van der Waals surface area (Å²) in [6.45, 7) is 3.22. The van der Waals surface area contributed by atoms with E-state index in [1.54, 1.807) is 6.07 Å². The lowest BCUT2D eigenvalue weighted by Gasteiger charge is -2.32. The van der Waals surface area contributed by atoms with Gasteiger partial charge in [-0.25, -0.2) is 4.68 Å². The van der Waals surface area contributed by atoms with Gasteiger partial charge in [-0.05, 0) is 38.5 Å². The van der Waals surface area contributed by atoms with Crippen LogP contribution in [0.2, 0.25) is 0 Å². The van der Waals surface area contributed by atoms with Crippen molar-refractivity contribution in [2.24, 2.45) is 0 Å². The second kappa shape index (κ2) is 7.17. The lowest BCUT2D eigenvalue weighted by molar-refractivity contribution is -0.173. The van der Waals surface area contributed by atoms with Crippen molar-refractivity contribution in [3.63, 3.8) is 0 Å². The van der Waals surface area contributed by atoms with E-state index in [9.17, 15) is 21.6 Å². The molecular formula is C17H26F3N5O2S. The molecule has 1 aromatic rings. The number of anilines is 1. The highest BCUT2D eigenvalue weighted by atomic mass is 32.2. The number of hydrogen-bond donors (Lipinski definition) is 1. The third-order valence-electron chi connectivity index (χ3n) is 6.01. The highest BCUT2D eigenvalue weighted by Gasteiger charge is 2.47. The van der Waals surface area contributed by atoms with Crippen molar-refractivity contribution < 1.29 is 21.6 Å². The number of nitrogens with one attached hydrogen (secondary N) is 1. The molecule has 4 rings (SSSR count).